The Morgan fingerprint density at radius 2 is 1.78 bits per heavy atom. The van der Waals surface area contributed by atoms with E-state index < -0.39 is 0 Å². The molecule has 4 atom stereocenters. The molecule has 4 heteroatoms. The molecule has 0 saturated heterocycles. The third-order valence-corrected chi connectivity index (χ3v) is 5.60. The highest BCUT2D eigenvalue weighted by Crippen LogP contribution is 2.66. The number of rotatable bonds is 2. The fourth-order valence-electron chi connectivity index (χ4n) is 4.41. The lowest BCUT2D eigenvalue weighted by molar-refractivity contribution is 0.456. The minimum absolute atomic E-state index is 0.582. The largest absolute Gasteiger partial charge is 0.366 e. The van der Waals surface area contributed by atoms with Gasteiger partial charge in [-0.2, -0.15) is 0 Å². The molecule has 18 heavy (non-hydrogen) atoms. The number of nitrogens with zero attached hydrogens (tertiary/aromatic N) is 2. The number of halogens is 1. The third-order valence-electron chi connectivity index (χ3n) is 5.24. The molecule has 4 unspecified atom stereocenters. The van der Waals surface area contributed by atoms with Crippen LogP contribution < -0.4 is 5.32 Å². The van der Waals surface area contributed by atoms with Crippen LogP contribution in [-0.2, 0) is 0 Å². The first-order valence-electron chi connectivity index (χ1n) is 6.92. The van der Waals surface area contributed by atoms with Gasteiger partial charge in [0.05, 0.1) is 0 Å². The molecule has 3 aliphatic carbocycles. The SMILES string of the molecule is Cc1nc(Cl)c(C)c(NC2C3C4CCC(C4)C23)n1. The van der Waals surface area contributed by atoms with E-state index >= 15 is 0 Å². The summed E-state index contributed by atoms with van der Waals surface area (Å²) in [6, 6.07) is 0.653. The first-order valence-corrected chi connectivity index (χ1v) is 7.30. The van der Waals surface area contributed by atoms with Crippen LogP contribution in [0.5, 0.6) is 0 Å². The quantitative estimate of drug-likeness (QED) is 0.833. The molecule has 0 aromatic carbocycles. The number of fused-ring (bicyclic) bond motifs is 5. The van der Waals surface area contributed by atoms with E-state index in [0.717, 1.165) is 40.9 Å². The fourth-order valence-corrected chi connectivity index (χ4v) is 4.62. The molecule has 3 saturated carbocycles. The van der Waals surface area contributed by atoms with Gasteiger partial charge >= 0.3 is 0 Å². The van der Waals surface area contributed by atoms with Crippen LogP contribution in [0.2, 0.25) is 5.15 Å². The second-order valence-electron chi connectivity index (χ2n) is 6.19. The molecule has 3 nitrogen and oxygen atoms in total. The molecule has 3 aliphatic rings. The van der Waals surface area contributed by atoms with E-state index in [1.54, 1.807) is 0 Å². The van der Waals surface area contributed by atoms with Crippen molar-refractivity contribution < 1.29 is 0 Å². The molecule has 0 amide bonds. The average molecular weight is 264 g/mol. The van der Waals surface area contributed by atoms with Crippen LogP contribution in [-0.4, -0.2) is 16.0 Å². The molecule has 4 rings (SSSR count). The van der Waals surface area contributed by atoms with Gasteiger partial charge < -0.3 is 5.32 Å². The lowest BCUT2D eigenvalue weighted by Gasteiger charge is -2.13. The monoisotopic (exact) mass is 263 g/mol. The first kappa shape index (κ1) is 11.0. The molecule has 1 N–H and O–H groups in total. The molecule has 3 fully saturated rings. The van der Waals surface area contributed by atoms with Gasteiger partial charge in [-0.05, 0) is 56.8 Å². The first-order chi connectivity index (χ1) is 8.65. The minimum atomic E-state index is 0.582. The fraction of sp³-hybridized carbons (Fsp3) is 0.714. The molecular weight excluding hydrogens is 246 g/mol. The lowest BCUT2D eigenvalue weighted by Crippen LogP contribution is -2.15. The van der Waals surface area contributed by atoms with Crippen molar-refractivity contribution in [3.8, 4) is 0 Å². The second kappa shape index (κ2) is 3.60. The number of anilines is 1. The Balaban J connectivity index is 1.57. The van der Waals surface area contributed by atoms with Crippen molar-refractivity contribution in [3.05, 3.63) is 16.5 Å². The molecule has 1 heterocycles. The summed E-state index contributed by atoms with van der Waals surface area (Å²) in [6.45, 7) is 3.89. The Hall–Kier alpha value is -0.830. The van der Waals surface area contributed by atoms with Crippen molar-refractivity contribution in [1.29, 1.82) is 0 Å². The standard InChI is InChI=1S/C14H18ClN3/c1-6-13(15)16-7(2)17-14(6)18-12-10-8-3-4-9(5-8)11(10)12/h8-12H,3-5H2,1-2H3,(H,16,17,18). The highest BCUT2D eigenvalue weighted by Gasteiger charge is 2.65. The van der Waals surface area contributed by atoms with Gasteiger partial charge in [-0.1, -0.05) is 11.6 Å². The maximum Gasteiger partial charge on any atom is 0.137 e. The molecular formula is C14H18ClN3. The summed E-state index contributed by atoms with van der Waals surface area (Å²) in [4.78, 5) is 8.70. The summed E-state index contributed by atoms with van der Waals surface area (Å²) in [5, 5.41) is 4.22. The lowest BCUT2D eigenvalue weighted by atomic mass is 10.0. The summed E-state index contributed by atoms with van der Waals surface area (Å²) in [5.74, 6) is 5.50. The summed E-state index contributed by atoms with van der Waals surface area (Å²) >= 11 is 6.12. The smallest absolute Gasteiger partial charge is 0.137 e. The van der Waals surface area contributed by atoms with Gasteiger partial charge in [0.2, 0.25) is 0 Å². The van der Waals surface area contributed by atoms with E-state index in [1.165, 1.54) is 19.3 Å². The second-order valence-corrected chi connectivity index (χ2v) is 6.55. The summed E-state index contributed by atoms with van der Waals surface area (Å²) < 4.78 is 0. The Kier molecular flexibility index (Phi) is 2.20. The van der Waals surface area contributed by atoms with Gasteiger partial charge in [-0.25, -0.2) is 9.97 Å². The number of aromatic nitrogens is 2. The van der Waals surface area contributed by atoms with Gasteiger partial charge in [-0.15, -0.1) is 0 Å². The molecule has 1 aromatic heterocycles. The average Bonchev–Trinajstić information content (AvgIpc) is 2.72. The molecule has 2 bridgehead atoms. The van der Waals surface area contributed by atoms with Gasteiger partial charge in [0.1, 0.15) is 16.8 Å². The zero-order valence-electron chi connectivity index (χ0n) is 10.8. The van der Waals surface area contributed by atoms with Crippen molar-refractivity contribution in [2.75, 3.05) is 5.32 Å². The van der Waals surface area contributed by atoms with Crippen LogP contribution >= 0.6 is 11.6 Å². The van der Waals surface area contributed by atoms with Crippen molar-refractivity contribution in [2.45, 2.75) is 39.2 Å². The maximum absolute atomic E-state index is 6.12. The Labute approximate surface area is 112 Å². The van der Waals surface area contributed by atoms with Gasteiger partial charge in [-0.3, -0.25) is 0 Å². The van der Waals surface area contributed by atoms with Gasteiger partial charge in [0.15, 0.2) is 0 Å². The van der Waals surface area contributed by atoms with Crippen molar-refractivity contribution >= 4 is 17.4 Å². The minimum Gasteiger partial charge on any atom is -0.366 e. The number of aryl methyl sites for hydroxylation is 1. The Morgan fingerprint density at radius 1 is 1.11 bits per heavy atom. The normalized spacial score (nSPS) is 39.8. The molecule has 0 radical (unpaired) electrons. The Morgan fingerprint density at radius 3 is 2.44 bits per heavy atom. The van der Waals surface area contributed by atoms with Gasteiger partial charge in [0, 0.05) is 11.6 Å². The van der Waals surface area contributed by atoms with E-state index in [4.69, 9.17) is 11.6 Å². The third kappa shape index (κ3) is 1.43. The molecule has 0 spiro atoms. The summed E-state index contributed by atoms with van der Waals surface area (Å²) in [7, 11) is 0. The highest BCUT2D eigenvalue weighted by atomic mass is 35.5. The van der Waals surface area contributed by atoms with E-state index in [2.05, 4.69) is 15.3 Å². The molecule has 96 valence electrons. The van der Waals surface area contributed by atoms with Crippen LogP contribution in [0.15, 0.2) is 0 Å². The van der Waals surface area contributed by atoms with Crippen molar-refractivity contribution in [3.63, 3.8) is 0 Å². The molecule has 0 aliphatic heterocycles. The number of hydrogen-bond donors (Lipinski definition) is 1. The summed E-state index contributed by atoms with van der Waals surface area (Å²) in [5.41, 5.74) is 0.986. The maximum atomic E-state index is 6.12. The van der Waals surface area contributed by atoms with Crippen molar-refractivity contribution in [2.24, 2.45) is 23.7 Å². The number of nitrogens with one attached hydrogen (secondary N) is 1. The highest BCUT2D eigenvalue weighted by molar-refractivity contribution is 6.30. The van der Waals surface area contributed by atoms with Gasteiger partial charge in [0.25, 0.3) is 0 Å². The summed E-state index contributed by atoms with van der Waals surface area (Å²) in [6.07, 6.45) is 4.38. The predicted molar refractivity (Wildman–Crippen MR) is 71.7 cm³/mol. The number of hydrogen-bond acceptors (Lipinski definition) is 3. The zero-order chi connectivity index (χ0) is 12.4. The van der Waals surface area contributed by atoms with Crippen LogP contribution in [0.1, 0.15) is 30.7 Å². The van der Waals surface area contributed by atoms with Crippen LogP contribution in [0.25, 0.3) is 0 Å². The Bertz CT molecular complexity index is 500. The predicted octanol–water partition coefficient (Wildman–Crippen LogP) is 3.20. The zero-order valence-corrected chi connectivity index (χ0v) is 11.5. The van der Waals surface area contributed by atoms with E-state index in [-0.39, 0.29) is 0 Å². The van der Waals surface area contributed by atoms with E-state index in [9.17, 15) is 0 Å². The van der Waals surface area contributed by atoms with Crippen LogP contribution in [0.4, 0.5) is 5.82 Å². The van der Waals surface area contributed by atoms with Crippen molar-refractivity contribution in [1.82, 2.24) is 9.97 Å². The molecule has 1 aromatic rings. The topological polar surface area (TPSA) is 37.8 Å². The van der Waals surface area contributed by atoms with Crippen LogP contribution in [0, 0.1) is 37.5 Å². The van der Waals surface area contributed by atoms with E-state index in [1.807, 2.05) is 13.8 Å². The van der Waals surface area contributed by atoms with E-state index in [0.29, 0.717) is 11.2 Å². The van der Waals surface area contributed by atoms with Crippen LogP contribution in [0.3, 0.4) is 0 Å².